The van der Waals surface area contributed by atoms with E-state index in [1.54, 1.807) is 7.11 Å². The number of carbonyl (C=O) groups is 2. The summed E-state index contributed by atoms with van der Waals surface area (Å²) in [5, 5.41) is 2.99. The van der Waals surface area contributed by atoms with Crippen LogP contribution in [0.4, 0.5) is 0 Å². The van der Waals surface area contributed by atoms with E-state index in [0.717, 1.165) is 43.4 Å². The molecule has 1 saturated carbocycles. The van der Waals surface area contributed by atoms with E-state index in [-0.39, 0.29) is 23.8 Å². The Morgan fingerprint density at radius 1 is 1.23 bits per heavy atom. The van der Waals surface area contributed by atoms with Crippen molar-refractivity contribution in [2.24, 2.45) is 5.92 Å². The molecule has 0 saturated heterocycles. The molecule has 0 spiro atoms. The summed E-state index contributed by atoms with van der Waals surface area (Å²) in [6.07, 6.45) is 5.44. The Labute approximate surface area is 182 Å². The van der Waals surface area contributed by atoms with E-state index >= 15 is 0 Å². The highest BCUT2D eigenvalue weighted by molar-refractivity contribution is 7.12. The average Bonchev–Trinajstić information content (AvgIpc) is 3.41. The lowest BCUT2D eigenvalue weighted by Crippen LogP contribution is -2.41. The average molecular weight is 427 g/mol. The zero-order valence-corrected chi connectivity index (χ0v) is 18.6. The summed E-state index contributed by atoms with van der Waals surface area (Å²) in [6.45, 7) is 3.23. The molecule has 1 aliphatic carbocycles. The number of thiophene rings is 1. The van der Waals surface area contributed by atoms with Crippen molar-refractivity contribution in [3.63, 3.8) is 0 Å². The summed E-state index contributed by atoms with van der Waals surface area (Å²) < 4.78 is 5.43. The van der Waals surface area contributed by atoms with Gasteiger partial charge in [0.05, 0.1) is 13.2 Å². The van der Waals surface area contributed by atoms with Crippen molar-refractivity contribution in [3.8, 4) is 5.75 Å². The lowest BCUT2D eigenvalue weighted by molar-refractivity contribution is -0.133. The number of ether oxygens (including phenoxy) is 1. The minimum Gasteiger partial charge on any atom is -0.497 e. The highest BCUT2D eigenvalue weighted by Gasteiger charge is 2.33. The number of amides is 2. The van der Waals surface area contributed by atoms with E-state index in [4.69, 9.17) is 4.74 Å². The van der Waals surface area contributed by atoms with Crippen LogP contribution in [0.5, 0.6) is 5.75 Å². The molecule has 1 N–H and O–H groups in total. The molecule has 1 atom stereocenters. The second-order valence-corrected chi connectivity index (χ2v) is 9.62. The third kappa shape index (κ3) is 4.38. The monoisotopic (exact) mass is 426 g/mol. The molecule has 5 nitrogen and oxygen atoms in total. The minimum atomic E-state index is -0.105. The van der Waals surface area contributed by atoms with Gasteiger partial charge in [-0.05, 0) is 55.5 Å². The smallest absolute Gasteiger partial charge is 0.225 e. The highest BCUT2D eigenvalue weighted by atomic mass is 32.1. The van der Waals surface area contributed by atoms with Crippen LogP contribution in [0.2, 0.25) is 0 Å². The molecule has 160 valence electrons. The van der Waals surface area contributed by atoms with Gasteiger partial charge in [0.1, 0.15) is 5.75 Å². The number of nitrogens with zero attached hydrogens (tertiary/aromatic N) is 1. The van der Waals surface area contributed by atoms with Crippen LogP contribution < -0.4 is 10.1 Å². The predicted octanol–water partition coefficient (Wildman–Crippen LogP) is 4.24. The van der Waals surface area contributed by atoms with Gasteiger partial charge in [-0.15, -0.1) is 11.3 Å². The van der Waals surface area contributed by atoms with Crippen molar-refractivity contribution in [2.75, 3.05) is 20.2 Å². The van der Waals surface area contributed by atoms with Crippen molar-refractivity contribution >= 4 is 23.2 Å². The lowest BCUT2D eigenvalue weighted by Gasteiger charge is -2.36. The molecule has 1 unspecified atom stereocenters. The van der Waals surface area contributed by atoms with Gasteiger partial charge in [-0.25, -0.2) is 0 Å². The maximum absolute atomic E-state index is 13.2. The van der Waals surface area contributed by atoms with Gasteiger partial charge in [0.25, 0.3) is 0 Å². The molecule has 1 aromatic carbocycles. The number of benzene rings is 1. The van der Waals surface area contributed by atoms with Crippen LogP contribution in [0.15, 0.2) is 30.3 Å². The van der Waals surface area contributed by atoms with Crippen molar-refractivity contribution in [1.82, 2.24) is 10.2 Å². The van der Waals surface area contributed by atoms with Crippen molar-refractivity contribution in [2.45, 2.75) is 51.5 Å². The topological polar surface area (TPSA) is 58.6 Å². The summed E-state index contributed by atoms with van der Waals surface area (Å²) in [4.78, 5) is 30.1. The van der Waals surface area contributed by atoms with Crippen molar-refractivity contribution in [3.05, 3.63) is 51.2 Å². The first-order chi connectivity index (χ1) is 14.6. The van der Waals surface area contributed by atoms with E-state index in [1.165, 1.54) is 15.3 Å². The van der Waals surface area contributed by atoms with E-state index in [9.17, 15) is 9.59 Å². The fourth-order valence-corrected chi connectivity index (χ4v) is 5.79. The maximum atomic E-state index is 13.2. The largest absolute Gasteiger partial charge is 0.497 e. The Balaban J connectivity index is 1.50. The number of nitrogens with one attached hydrogen (secondary N) is 1. The molecule has 0 bridgehead atoms. The van der Waals surface area contributed by atoms with Crippen LogP contribution in [0.3, 0.4) is 0 Å². The van der Waals surface area contributed by atoms with Crippen LogP contribution in [0.25, 0.3) is 0 Å². The molecule has 1 aliphatic heterocycles. The predicted molar refractivity (Wildman–Crippen MR) is 119 cm³/mol. The standard InChI is InChI=1S/C24H30N2O3S/c1-16-14-20-21(30-16)11-13-26(23(20)18-8-5-9-19(15-18)29-2)22(27)10-12-25-24(28)17-6-3-4-7-17/h5,8-9,14-15,17,23H,3-4,6-7,10-13H2,1-2H3,(H,25,28). The molecule has 6 heteroatoms. The third-order valence-corrected chi connectivity index (χ3v) is 7.37. The van der Waals surface area contributed by atoms with Crippen LogP contribution in [-0.4, -0.2) is 36.9 Å². The van der Waals surface area contributed by atoms with Crippen LogP contribution in [-0.2, 0) is 16.0 Å². The fraction of sp³-hybridized carbons (Fsp3) is 0.500. The second kappa shape index (κ2) is 9.21. The molecule has 0 radical (unpaired) electrons. The van der Waals surface area contributed by atoms with Gasteiger partial charge < -0.3 is 15.0 Å². The molecule has 2 aromatic rings. The summed E-state index contributed by atoms with van der Waals surface area (Å²) in [5.74, 6) is 1.13. The molecule has 4 rings (SSSR count). The normalized spacial score (nSPS) is 18.9. The number of carbonyl (C=O) groups excluding carboxylic acids is 2. The Kier molecular flexibility index (Phi) is 6.42. The number of fused-ring (bicyclic) bond motifs is 1. The molecule has 1 fully saturated rings. The summed E-state index contributed by atoms with van der Waals surface area (Å²) >= 11 is 1.82. The molecule has 30 heavy (non-hydrogen) atoms. The van der Waals surface area contributed by atoms with E-state index in [2.05, 4.69) is 24.4 Å². The van der Waals surface area contributed by atoms with Gasteiger partial charge in [0.15, 0.2) is 0 Å². The molecular weight excluding hydrogens is 396 g/mol. The SMILES string of the molecule is COc1cccc(C2c3cc(C)sc3CCN2C(=O)CCNC(=O)C2CCCC2)c1. The zero-order valence-electron chi connectivity index (χ0n) is 17.8. The Hall–Kier alpha value is -2.34. The van der Waals surface area contributed by atoms with Gasteiger partial charge in [0.2, 0.25) is 11.8 Å². The van der Waals surface area contributed by atoms with Gasteiger partial charge in [-0.2, -0.15) is 0 Å². The number of hydrogen-bond donors (Lipinski definition) is 1. The molecule has 2 amide bonds. The van der Waals surface area contributed by atoms with Gasteiger partial charge in [-0.1, -0.05) is 25.0 Å². The molecule has 2 heterocycles. The minimum absolute atomic E-state index is 0.0871. The highest BCUT2D eigenvalue weighted by Crippen LogP contribution is 2.40. The second-order valence-electron chi connectivity index (χ2n) is 8.27. The summed E-state index contributed by atoms with van der Waals surface area (Å²) in [7, 11) is 1.66. The van der Waals surface area contributed by atoms with Crippen LogP contribution >= 0.6 is 11.3 Å². The molecule has 2 aliphatic rings. The van der Waals surface area contributed by atoms with E-state index in [0.29, 0.717) is 19.5 Å². The first-order valence-electron chi connectivity index (χ1n) is 10.9. The van der Waals surface area contributed by atoms with Crippen LogP contribution in [0.1, 0.15) is 59.0 Å². The van der Waals surface area contributed by atoms with Gasteiger partial charge in [-0.3, -0.25) is 9.59 Å². The Morgan fingerprint density at radius 3 is 2.80 bits per heavy atom. The Bertz CT molecular complexity index is 917. The summed E-state index contributed by atoms with van der Waals surface area (Å²) in [6, 6.07) is 10.1. The van der Waals surface area contributed by atoms with E-state index < -0.39 is 0 Å². The number of methoxy groups -OCH3 is 1. The number of rotatable bonds is 6. The van der Waals surface area contributed by atoms with E-state index in [1.807, 2.05) is 34.4 Å². The quantitative estimate of drug-likeness (QED) is 0.752. The first kappa shape index (κ1) is 20.9. The first-order valence-corrected chi connectivity index (χ1v) is 11.7. The lowest BCUT2D eigenvalue weighted by atomic mass is 9.92. The number of hydrogen-bond acceptors (Lipinski definition) is 4. The van der Waals surface area contributed by atoms with Gasteiger partial charge >= 0.3 is 0 Å². The van der Waals surface area contributed by atoms with Crippen LogP contribution in [0, 0.1) is 12.8 Å². The maximum Gasteiger partial charge on any atom is 0.225 e. The van der Waals surface area contributed by atoms with Crippen molar-refractivity contribution < 1.29 is 14.3 Å². The fourth-order valence-electron chi connectivity index (χ4n) is 4.74. The third-order valence-electron chi connectivity index (χ3n) is 6.24. The zero-order chi connectivity index (χ0) is 21.1. The van der Waals surface area contributed by atoms with Crippen molar-refractivity contribution in [1.29, 1.82) is 0 Å². The molecule has 1 aromatic heterocycles. The Morgan fingerprint density at radius 2 is 2.03 bits per heavy atom. The summed E-state index contributed by atoms with van der Waals surface area (Å²) in [5.41, 5.74) is 2.29. The van der Waals surface area contributed by atoms with Gasteiger partial charge in [0, 0.05) is 35.2 Å². The number of aryl methyl sites for hydroxylation is 1. The molecular formula is C24H30N2O3S.